The minimum atomic E-state index is 0.550. The first-order valence-electron chi connectivity index (χ1n) is 6.53. The average molecular weight is 243 g/mol. The molecule has 0 amide bonds. The topological polar surface area (TPSA) is 43.8 Å². The highest BCUT2D eigenvalue weighted by Crippen LogP contribution is 2.25. The maximum absolute atomic E-state index is 6.20. The molecular weight excluding hydrogens is 222 g/mol. The number of aromatic nitrogens is 2. The van der Waals surface area contributed by atoms with E-state index < -0.39 is 0 Å². The lowest BCUT2D eigenvalue weighted by molar-refractivity contribution is 0.531. The molecule has 0 spiro atoms. The molecule has 2 aromatic rings. The van der Waals surface area contributed by atoms with E-state index in [-0.39, 0.29) is 0 Å². The van der Waals surface area contributed by atoms with Crippen LogP contribution in [-0.4, -0.2) is 9.55 Å². The van der Waals surface area contributed by atoms with Gasteiger partial charge in [-0.05, 0) is 12.3 Å². The Hall–Kier alpha value is -1.77. The lowest BCUT2D eigenvalue weighted by atomic mass is 10.2. The smallest absolute Gasteiger partial charge is 0.141 e. The highest BCUT2D eigenvalue weighted by molar-refractivity contribution is 5.60. The van der Waals surface area contributed by atoms with Crippen molar-refractivity contribution in [1.82, 2.24) is 9.55 Å². The molecule has 0 saturated carbocycles. The van der Waals surface area contributed by atoms with E-state index in [2.05, 4.69) is 42.5 Å². The van der Waals surface area contributed by atoms with Crippen LogP contribution in [-0.2, 0) is 13.0 Å². The number of hydrogen-bond donors (Lipinski definition) is 1. The summed E-state index contributed by atoms with van der Waals surface area (Å²) in [4.78, 5) is 4.69. The fourth-order valence-corrected chi connectivity index (χ4v) is 2.13. The molecule has 18 heavy (non-hydrogen) atoms. The lowest BCUT2D eigenvalue weighted by Gasteiger charge is -2.12. The molecule has 0 aliphatic rings. The number of imidazole rings is 1. The molecule has 3 heteroatoms. The van der Waals surface area contributed by atoms with Gasteiger partial charge in [0.15, 0.2) is 0 Å². The second-order valence-corrected chi connectivity index (χ2v) is 4.99. The van der Waals surface area contributed by atoms with Crippen LogP contribution in [0.15, 0.2) is 30.3 Å². The number of rotatable bonds is 4. The van der Waals surface area contributed by atoms with Gasteiger partial charge in [0.1, 0.15) is 11.6 Å². The van der Waals surface area contributed by atoms with Gasteiger partial charge in [-0.3, -0.25) is 0 Å². The summed E-state index contributed by atoms with van der Waals surface area (Å²) in [6, 6.07) is 10.2. The van der Waals surface area contributed by atoms with Crippen molar-refractivity contribution in [2.24, 2.45) is 5.92 Å². The van der Waals surface area contributed by atoms with Crippen molar-refractivity contribution < 1.29 is 0 Å². The van der Waals surface area contributed by atoms with E-state index in [1.807, 2.05) is 18.2 Å². The molecule has 0 saturated heterocycles. The highest BCUT2D eigenvalue weighted by atomic mass is 15.1. The quantitative estimate of drug-likeness (QED) is 0.895. The molecular formula is C15H21N3. The molecule has 1 aromatic heterocycles. The van der Waals surface area contributed by atoms with E-state index in [1.54, 1.807) is 0 Å². The van der Waals surface area contributed by atoms with E-state index in [4.69, 9.17) is 5.73 Å². The van der Waals surface area contributed by atoms with E-state index in [9.17, 15) is 0 Å². The second kappa shape index (κ2) is 5.25. The molecule has 0 aliphatic heterocycles. The molecule has 2 N–H and O–H groups in total. The minimum absolute atomic E-state index is 0.550. The summed E-state index contributed by atoms with van der Waals surface area (Å²) < 4.78 is 2.14. The first-order valence-corrected chi connectivity index (χ1v) is 6.53. The zero-order chi connectivity index (χ0) is 13.1. The molecule has 3 nitrogen and oxygen atoms in total. The molecule has 0 fully saturated rings. The van der Waals surface area contributed by atoms with Crippen LogP contribution in [0.5, 0.6) is 0 Å². The summed E-state index contributed by atoms with van der Waals surface area (Å²) in [5.41, 5.74) is 8.32. The molecule has 2 rings (SSSR count). The second-order valence-electron chi connectivity index (χ2n) is 4.99. The largest absolute Gasteiger partial charge is 0.384 e. The monoisotopic (exact) mass is 243 g/mol. The third-order valence-corrected chi connectivity index (χ3v) is 3.00. The van der Waals surface area contributed by atoms with Gasteiger partial charge in [-0.25, -0.2) is 4.98 Å². The zero-order valence-corrected chi connectivity index (χ0v) is 11.4. The number of nitrogens with two attached hydrogens (primary N) is 1. The molecule has 0 radical (unpaired) electrons. The SMILES string of the molecule is CCc1nc(-c2ccccc2)n(CC(C)C)c1N. The number of benzene rings is 1. The first-order chi connectivity index (χ1) is 8.63. The number of aryl methyl sites for hydroxylation is 1. The van der Waals surface area contributed by atoms with Crippen LogP contribution < -0.4 is 5.73 Å². The van der Waals surface area contributed by atoms with Crippen LogP contribution in [0.25, 0.3) is 11.4 Å². The third-order valence-electron chi connectivity index (χ3n) is 3.00. The van der Waals surface area contributed by atoms with Crippen molar-refractivity contribution in [3.8, 4) is 11.4 Å². The van der Waals surface area contributed by atoms with Gasteiger partial charge < -0.3 is 10.3 Å². The van der Waals surface area contributed by atoms with Crippen molar-refractivity contribution in [1.29, 1.82) is 0 Å². The Bertz CT molecular complexity index is 512. The molecule has 0 bridgehead atoms. The average Bonchev–Trinajstić information content (AvgIpc) is 2.67. The zero-order valence-electron chi connectivity index (χ0n) is 11.4. The molecule has 1 aromatic carbocycles. The molecule has 0 unspecified atom stereocenters. The molecule has 1 heterocycles. The minimum Gasteiger partial charge on any atom is -0.384 e. The molecule has 96 valence electrons. The summed E-state index contributed by atoms with van der Waals surface area (Å²) in [6.45, 7) is 7.38. The Labute approximate surface area is 109 Å². The Balaban J connectivity index is 2.52. The van der Waals surface area contributed by atoms with Gasteiger partial charge in [-0.15, -0.1) is 0 Å². The van der Waals surface area contributed by atoms with Crippen LogP contribution >= 0.6 is 0 Å². The Morgan fingerprint density at radius 3 is 2.44 bits per heavy atom. The van der Waals surface area contributed by atoms with Crippen molar-refractivity contribution in [3.63, 3.8) is 0 Å². The highest BCUT2D eigenvalue weighted by Gasteiger charge is 2.15. The van der Waals surface area contributed by atoms with Crippen molar-refractivity contribution in [2.75, 3.05) is 5.73 Å². The standard InChI is InChI=1S/C15H21N3/c1-4-13-14(16)18(10-11(2)3)15(17-13)12-8-6-5-7-9-12/h5-9,11H,4,10,16H2,1-3H3. The number of nitrogen functional groups attached to an aromatic ring is 1. The van der Waals surface area contributed by atoms with Crippen LogP contribution in [0.1, 0.15) is 26.5 Å². The predicted octanol–water partition coefficient (Wildman–Crippen LogP) is 3.35. The van der Waals surface area contributed by atoms with E-state index >= 15 is 0 Å². The van der Waals surface area contributed by atoms with Crippen LogP contribution in [0.4, 0.5) is 5.82 Å². The summed E-state index contributed by atoms with van der Waals surface area (Å²) in [5, 5.41) is 0. The van der Waals surface area contributed by atoms with Crippen LogP contribution in [0, 0.1) is 5.92 Å². The van der Waals surface area contributed by atoms with Gasteiger partial charge in [0.25, 0.3) is 0 Å². The number of anilines is 1. The van der Waals surface area contributed by atoms with Gasteiger partial charge in [-0.2, -0.15) is 0 Å². The summed E-state index contributed by atoms with van der Waals surface area (Å²) >= 11 is 0. The van der Waals surface area contributed by atoms with Crippen LogP contribution in [0.3, 0.4) is 0 Å². The third kappa shape index (κ3) is 2.40. The predicted molar refractivity (Wildman–Crippen MR) is 76.3 cm³/mol. The first kappa shape index (κ1) is 12.7. The van der Waals surface area contributed by atoms with E-state index in [1.165, 1.54) is 0 Å². The normalized spacial score (nSPS) is 11.1. The fourth-order valence-electron chi connectivity index (χ4n) is 2.13. The van der Waals surface area contributed by atoms with Gasteiger partial charge in [0, 0.05) is 12.1 Å². The van der Waals surface area contributed by atoms with Crippen LogP contribution in [0.2, 0.25) is 0 Å². The van der Waals surface area contributed by atoms with Gasteiger partial charge in [-0.1, -0.05) is 51.1 Å². The van der Waals surface area contributed by atoms with E-state index in [0.717, 1.165) is 35.9 Å². The summed E-state index contributed by atoms with van der Waals surface area (Å²) in [6.07, 6.45) is 0.872. The van der Waals surface area contributed by atoms with Crippen molar-refractivity contribution in [3.05, 3.63) is 36.0 Å². The lowest BCUT2D eigenvalue weighted by Crippen LogP contribution is -2.09. The summed E-state index contributed by atoms with van der Waals surface area (Å²) in [5.74, 6) is 2.34. The van der Waals surface area contributed by atoms with E-state index in [0.29, 0.717) is 5.92 Å². The number of nitrogens with zero attached hydrogens (tertiary/aromatic N) is 2. The van der Waals surface area contributed by atoms with Gasteiger partial charge in [0.05, 0.1) is 5.69 Å². The number of hydrogen-bond acceptors (Lipinski definition) is 2. The van der Waals surface area contributed by atoms with Crippen molar-refractivity contribution >= 4 is 5.82 Å². The van der Waals surface area contributed by atoms with Gasteiger partial charge >= 0.3 is 0 Å². The van der Waals surface area contributed by atoms with Gasteiger partial charge in [0.2, 0.25) is 0 Å². The fraction of sp³-hybridized carbons (Fsp3) is 0.400. The maximum atomic E-state index is 6.20. The van der Waals surface area contributed by atoms with Crippen molar-refractivity contribution in [2.45, 2.75) is 33.7 Å². The summed E-state index contributed by atoms with van der Waals surface area (Å²) in [7, 11) is 0. The molecule has 0 aliphatic carbocycles. The Kier molecular flexibility index (Phi) is 3.70. The Morgan fingerprint density at radius 2 is 1.89 bits per heavy atom. The maximum Gasteiger partial charge on any atom is 0.141 e. The Morgan fingerprint density at radius 1 is 1.22 bits per heavy atom. The molecule has 0 atom stereocenters.